The molecule has 0 radical (unpaired) electrons. The molecule has 240 valence electrons. The maximum atomic E-state index is 14.7. The smallest absolute Gasteiger partial charge is 0.191 e. The molecule has 0 aromatic heterocycles. The highest BCUT2D eigenvalue weighted by atomic mass is 16.7. The van der Waals surface area contributed by atoms with E-state index in [1.807, 2.05) is 20.8 Å². The van der Waals surface area contributed by atoms with E-state index in [2.05, 4.69) is 26.8 Å². The molecule has 2 N–H and O–H groups in total. The first-order valence-corrected chi connectivity index (χ1v) is 16.7. The van der Waals surface area contributed by atoms with Crippen molar-refractivity contribution in [1.82, 2.24) is 0 Å². The van der Waals surface area contributed by atoms with Crippen LogP contribution in [0.3, 0.4) is 0 Å². The standard InChI is InChI=1S/C35H52O8/c1-7-22-23-8-9-26-33(6)29(39)28-27(20(2)16-21(42-28)17-31(3,4)40)32(33,5)12-13-35(26)19-34(23,35)11-10-25(22)43-30(24(38)18-37)41-15-14-36/h7,14,18,20-21,23-28,30,38,40H,8-13,15-17,19H2,1-6H3/b22-7+/t20-,21-,23+,24-,25+,26+,27?,28+,30+,32-,33-,34-,35+/m1/s1. The maximum Gasteiger partial charge on any atom is 0.191 e. The summed E-state index contributed by atoms with van der Waals surface area (Å²) in [6, 6.07) is 0. The van der Waals surface area contributed by atoms with Gasteiger partial charge in [0.15, 0.2) is 24.5 Å². The number of ketones is 1. The molecule has 5 saturated carbocycles. The molecule has 13 atom stereocenters. The van der Waals surface area contributed by atoms with Gasteiger partial charge in [0.1, 0.15) is 19.0 Å². The zero-order chi connectivity index (χ0) is 31.2. The van der Waals surface area contributed by atoms with Gasteiger partial charge < -0.3 is 34.0 Å². The number of carbonyl (C=O) groups excluding carboxylic acids is 3. The van der Waals surface area contributed by atoms with Gasteiger partial charge in [0.25, 0.3) is 0 Å². The molecule has 5 aliphatic carbocycles. The summed E-state index contributed by atoms with van der Waals surface area (Å²) in [6.07, 6.45) is 8.12. The summed E-state index contributed by atoms with van der Waals surface area (Å²) in [4.78, 5) is 37.0. The average molecular weight is 601 g/mol. The van der Waals surface area contributed by atoms with E-state index in [-0.39, 0.29) is 41.0 Å². The van der Waals surface area contributed by atoms with Crippen LogP contribution in [0.1, 0.15) is 99.3 Å². The minimum absolute atomic E-state index is 0.103. The summed E-state index contributed by atoms with van der Waals surface area (Å²) in [6.45, 7) is 12.4. The third kappa shape index (κ3) is 4.36. The highest BCUT2D eigenvalue weighted by Gasteiger charge is 2.84. The molecular weight excluding hydrogens is 548 g/mol. The van der Waals surface area contributed by atoms with Crippen molar-refractivity contribution in [3.05, 3.63) is 11.6 Å². The summed E-state index contributed by atoms with van der Waals surface area (Å²) in [7, 11) is 0. The Bertz CT molecular complexity index is 1170. The number of fused-ring (bicyclic) bond motifs is 4. The van der Waals surface area contributed by atoms with Crippen molar-refractivity contribution in [2.75, 3.05) is 6.61 Å². The quantitative estimate of drug-likeness (QED) is 0.224. The number of aliphatic hydroxyl groups is 2. The molecule has 1 aliphatic heterocycles. The van der Waals surface area contributed by atoms with Crippen LogP contribution < -0.4 is 0 Å². The van der Waals surface area contributed by atoms with Gasteiger partial charge in [0, 0.05) is 17.8 Å². The third-order valence-electron chi connectivity index (χ3n) is 13.7. The van der Waals surface area contributed by atoms with E-state index in [0.717, 1.165) is 51.4 Å². The van der Waals surface area contributed by atoms with Gasteiger partial charge in [0.05, 0.1) is 17.8 Å². The summed E-state index contributed by atoms with van der Waals surface area (Å²) in [5, 5.41) is 20.7. The summed E-state index contributed by atoms with van der Waals surface area (Å²) in [5.41, 5.74) is 0.0695. The average Bonchev–Trinajstić information content (AvgIpc) is 3.58. The SMILES string of the molecule is C/C=C1/[C@@H](O[C@H](OCC=O)[C@H](O)C=O)CC[C@]23C[C@]24CC[C@]2(C)C5[C@H](C)C[C@H](CC(C)(C)O)O[C@@H]5C(=O)[C@@]2(C)[C@@H]4CC[C@@H]13. The van der Waals surface area contributed by atoms with Gasteiger partial charge in [-0.2, -0.15) is 0 Å². The molecule has 0 bridgehead atoms. The molecule has 0 amide bonds. The number of ether oxygens (including phenoxy) is 3. The van der Waals surface area contributed by atoms with Crippen molar-refractivity contribution in [3.8, 4) is 0 Å². The van der Waals surface area contributed by atoms with Crippen LogP contribution in [-0.2, 0) is 28.6 Å². The van der Waals surface area contributed by atoms with Crippen molar-refractivity contribution >= 4 is 18.4 Å². The van der Waals surface area contributed by atoms with Crippen LogP contribution in [0.4, 0.5) is 0 Å². The second kappa shape index (κ2) is 10.5. The van der Waals surface area contributed by atoms with Gasteiger partial charge in [-0.05, 0) is 112 Å². The van der Waals surface area contributed by atoms with Crippen LogP contribution in [-0.4, -0.2) is 71.5 Å². The Morgan fingerprint density at radius 3 is 2.51 bits per heavy atom. The predicted molar refractivity (Wildman–Crippen MR) is 159 cm³/mol. The van der Waals surface area contributed by atoms with Gasteiger partial charge in [-0.1, -0.05) is 26.8 Å². The molecule has 1 heterocycles. The van der Waals surface area contributed by atoms with Crippen LogP contribution in [0, 0.1) is 45.3 Å². The fourth-order valence-corrected chi connectivity index (χ4v) is 12.1. The van der Waals surface area contributed by atoms with E-state index in [0.29, 0.717) is 42.5 Å². The largest absolute Gasteiger partial charge is 0.390 e. The van der Waals surface area contributed by atoms with Gasteiger partial charge >= 0.3 is 0 Å². The molecule has 0 aromatic carbocycles. The lowest BCUT2D eigenvalue weighted by atomic mass is 9.43. The zero-order valence-electron chi connectivity index (χ0n) is 26.8. The highest BCUT2D eigenvalue weighted by molar-refractivity contribution is 5.93. The van der Waals surface area contributed by atoms with E-state index in [1.54, 1.807) is 0 Å². The highest BCUT2D eigenvalue weighted by Crippen LogP contribution is 2.88. The molecule has 1 saturated heterocycles. The van der Waals surface area contributed by atoms with Gasteiger partial charge in [-0.25, -0.2) is 0 Å². The number of rotatable bonds is 9. The van der Waals surface area contributed by atoms with Gasteiger partial charge in [-0.15, -0.1) is 0 Å². The molecule has 0 aromatic rings. The van der Waals surface area contributed by atoms with Gasteiger partial charge in [0.2, 0.25) is 0 Å². The Morgan fingerprint density at radius 2 is 1.86 bits per heavy atom. The van der Waals surface area contributed by atoms with E-state index < -0.39 is 29.5 Å². The van der Waals surface area contributed by atoms with Crippen LogP contribution in [0.2, 0.25) is 0 Å². The molecule has 6 rings (SSSR count). The van der Waals surface area contributed by atoms with E-state index in [9.17, 15) is 24.6 Å². The Hall–Kier alpha value is -1.45. The first-order valence-electron chi connectivity index (χ1n) is 16.7. The zero-order valence-corrected chi connectivity index (χ0v) is 26.8. The first-order chi connectivity index (χ1) is 20.2. The number of aliphatic hydroxyl groups excluding tert-OH is 1. The Labute approximate surface area is 256 Å². The van der Waals surface area contributed by atoms with Crippen LogP contribution in [0.25, 0.3) is 0 Å². The summed E-state index contributed by atoms with van der Waals surface area (Å²) >= 11 is 0. The lowest BCUT2D eigenvalue weighted by Gasteiger charge is -2.60. The van der Waals surface area contributed by atoms with Crippen molar-refractivity contribution in [2.45, 2.75) is 136 Å². The number of carbonyl (C=O) groups is 3. The number of Topliss-reactive ketones (excluding diaryl/α,β-unsaturated/α-hetero) is 1. The van der Waals surface area contributed by atoms with Crippen LogP contribution >= 0.6 is 0 Å². The second-order valence-electron chi connectivity index (χ2n) is 16.0. The first kappa shape index (κ1) is 31.5. The molecule has 6 aliphatic rings. The van der Waals surface area contributed by atoms with Crippen molar-refractivity contribution in [2.24, 2.45) is 45.3 Å². The fourth-order valence-electron chi connectivity index (χ4n) is 12.1. The molecule has 6 fully saturated rings. The molecular formula is C35H52O8. The van der Waals surface area contributed by atoms with Crippen molar-refractivity contribution in [3.63, 3.8) is 0 Å². The normalized spacial score (nSPS) is 49.2. The Morgan fingerprint density at radius 1 is 1.12 bits per heavy atom. The van der Waals surface area contributed by atoms with E-state index in [4.69, 9.17) is 14.2 Å². The fraction of sp³-hybridized carbons (Fsp3) is 0.857. The van der Waals surface area contributed by atoms with Gasteiger partial charge in [-0.3, -0.25) is 4.79 Å². The number of allylic oxidation sites excluding steroid dienone is 1. The lowest BCUT2D eigenvalue weighted by Crippen LogP contribution is -2.57. The van der Waals surface area contributed by atoms with Crippen molar-refractivity contribution < 1.29 is 38.8 Å². The second-order valence-corrected chi connectivity index (χ2v) is 16.0. The molecule has 8 heteroatoms. The minimum Gasteiger partial charge on any atom is -0.390 e. The number of hydrogen-bond acceptors (Lipinski definition) is 8. The Balaban J connectivity index is 1.26. The van der Waals surface area contributed by atoms with Crippen molar-refractivity contribution in [1.29, 1.82) is 0 Å². The monoisotopic (exact) mass is 600 g/mol. The van der Waals surface area contributed by atoms with E-state index >= 15 is 0 Å². The predicted octanol–water partition coefficient (Wildman–Crippen LogP) is 4.58. The van der Waals surface area contributed by atoms with E-state index in [1.165, 1.54) is 5.57 Å². The molecule has 43 heavy (non-hydrogen) atoms. The number of aldehydes is 2. The third-order valence-corrected chi connectivity index (χ3v) is 13.7. The summed E-state index contributed by atoms with van der Waals surface area (Å²) < 4.78 is 18.3. The lowest BCUT2D eigenvalue weighted by molar-refractivity contribution is -0.210. The molecule has 1 unspecified atom stereocenters. The topological polar surface area (TPSA) is 119 Å². The minimum atomic E-state index is -1.46. The number of hydrogen-bond donors (Lipinski definition) is 2. The summed E-state index contributed by atoms with van der Waals surface area (Å²) in [5.74, 6) is 1.51. The maximum absolute atomic E-state index is 14.7. The van der Waals surface area contributed by atoms with Crippen LogP contribution in [0.5, 0.6) is 0 Å². The molecule has 2 spiro atoms. The molecule has 8 nitrogen and oxygen atoms in total. The van der Waals surface area contributed by atoms with Crippen LogP contribution in [0.15, 0.2) is 11.6 Å². The Kier molecular flexibility index (Phi) is 7.73.